The largest absolute Gasteiger partial charge is 0.381 e. The number of ether oxygens (including phenoxy) is 1. The van der Waals surface area contributed by atoms with Crippen molar-refractivity contribution >= 4 is 10.9 Å². The number of benzene rings is 2. The van der Waals surface area contributed by atoms with Gasteiger partial charge in [0.15, 0.2) is 0 Å². The Balaban J connectivity index is 1.28. The fourth-order valence-corrected chi connectivity index (χ4v) is 2.76. The van der Waals surface area contributed by atoms with Crippen LogP contribution in [0.3, 0.4) is 0 Å². The number of rotatable bonds is 9. The Bertz CT molecular complexity index is 706. The molecule has 3 rings (SSSR count). The number of nitrogens with one attached hydrogen (secondary N) is 2. The highest BCUT2D eigenvalue weighted by molar-refractivity contribution is 5.82. The van der Waals surface area contributed by atoms with Gasteiger partial charge in [0.25, 0.3) is 0 Å². The van der Waals surface area contributed by atoms with E-state index in [0.717, 1.165) is 39.1 Å². The second kappa shape index (κ2) is 8.51. The van der Waals surface area contributed by atoms with Gasteiger partial charge in [-0.2, -0.15) is 0 Å². The van der Waals surface area contributed by atoms with Gasteiger partial charge in [0.05, 0.1) is 6.61 Å². The van der Waals surface area contributed by atoms with Crippen molar-refractivity contribution in [3.63, 3.8) is 0 Å². The monoisotopic (exact) mass is 308 g/mol. The van der Waals surface area contributed by atoms with E-state index >= 15 is 0 Å². The molecule has 0 radical (unpaired) electrons. The van der Waals surface area contributed by atoms with E-state index in [-0.39, 0.29) is 0 Å². The Kier molecular flexibility index (Phi) is 5.84. The minimum absolute atomic E-state index is 0.798. The minimum atomic E-state index is 0.798. The fourth-order valence-electron chi connectivity index (χ4n) is 2.76. The summed E-state index contributed by atoms with van der Waals surface area (Å²) < 4.78 is 5.70. The molecule has 0 aliphatic carbocycles. The molecule has 2 N–H and O–H groups in total. The molecule has 3 nitrogen and oxygen atoms in total. The van der Waals surface area contributed by atoms with Crippen molar-refractivity contribution in [3.8, 4) is 0 Å². The van der Waals surface area contributed by atoms with Crippen molar-refractivity contribution in [2.45, 2.75) is 19.4 Å². The normalized spacial score (nSPS) is 11.1. The lowest BCUT2D eigenvalue weighted by Crippen LogP contribution is -2.16. The summed E-state index contributed by atoms with van der Waals surface area (Å²) in [6.45, 7) is 3.49. The van der Waals surface area contributed by atoms with E-state index in [1.54, 1.807) is 0 Å². The number of hydrogen-bond acceptors (Lipinski definition) is 2. The van der Waals surface area contributed by atoms with E-state index in [1.807, 2.05) is 12.3 Å². The van der Waals surface area contributed by atoms with Crippen LogP contribution >= 0.6 is 0 Å². The standard InChI is InChI=1S/C20H24N2O/c1-2-6-17(7-3-1)11-15-23-14-5-12-21-16-18-8-4-9-20-19(18)10-13-22-20/h1-4,6-10,13,21-22H,5,11-12,14-16H2. The second-order valence-corrected chi connectivity index (χ2v) is 5.73. The van der Waals surface area contributed by atoms with Crippen molar-refractivity contribution in [1.29, 1.82) is 0 Å². The number of hydrogen-bond donors (Lipinski definition) is 2. The predicted molar refractivity (Wildman–Crippen MR) is 95.6 cm³/mol. The van der Waals surface area contributed by atoms with Gasteiger partial charge in [-0.3, -0.25) is 0 Å². The van der Waals surface area contributed by atoms with Crippen molar-refractivity contribution < 1.29 is 4.74 Å². The Hall–Kier alpha value is -2.10. The zero-order valence-electron chi connectivity index (χ0n) is 13.4. The number of aromatic amines is 1. The Morgan fingerprint density at radius 1 is 0.913 bits per heavy atom. The maximum atomic E-state index is 5.70. The second-order valence-electron chi connectivity index (χ2n) is 5.73. The molecule has 1 heterocycles. The molecule has 3 heteroatoms. The molecule has 0 saturated carbocycles. The zero-order valence-corrected chi connectivity index (χ0v) is 13.4. The molecule has 0 aliphatic rings. The first-order valence-corrected chi connectivity index (χ1v) is 8.31. The maximum absolute atomic E-state index is 5.70. The van der Waals surface area contributed by atoms with Gasteiger partial charge >= 0.3 is 0 Å². The molecule has 1 aromatic heterocycles. The van der Waals surface area contributed by atoms with Crippen molar-refractivity contribution in [2.24, 2.45) is 0 Å². The number of aromatic nitrogens is 1. The molecule has 23 heavy (non-hydrogen) atoms. The van der Waals surface area contributed by atoms with Crippen LogP contribution in [0.5, 0.6) is 0 Å². The van der Waals surface area contributed by atoms with E-state index in [0.29, 0.717) is 0 Å². The molecule has 0 fully saturated rings. The van der Waals surface area contributed by atoms with Gasteiger partial charge in [-0.15, -0.1) is 0 Å². The SMILES string of the molecule is c1ccc(CCOCCCNCc2cccc3[nH]ccc23)cc1. The first-order valence-electron chi connectivity index (χ1n) is 8.31. The van der Waals surface area contributed by atoms with Crippen LogP contribution in [0.15, 0.2) is 60.8 Å². The van der Waals surface area contributed by atoms with Crippen LogP contribution in [0.25, 0.3) is 10.9 Å². The van der Waals surface area contributed by atoms with Crippen molar-refractivity contribution in [2.75, 3.05) is 19.8 Å². The fraction of sp³-hybridized carbons (Fsp3) is 0.300. The maximum Gasteiger partial charge on any atom is 0.0506 e. The molecule has 0 atom stereocenters. The van der Waals surface area contributed by atoms with Gasteiger partial charge < -0.3 is 15.0 Å². The van der Waals surface area contributed by atoms with Crippen LogP contribution in [0, 0.1) is 0 Å². The van der Waals surface area contributed by atoms with Gasteiger partial charge in [0.2, 0.25) is 0 Å². The molecule has 0 bridgehead atoms. The van der Waals surface area contributed by atoms with Crippen LogP contribution in [-0.4, -0.2) is 24.7 Å². The summed E-state index contributed by atoms with van der Waals surface area (Å²) in [7, 11) is 0. The molecular formula is C20H24N2O. The van der Waals surface area contributed by atoms with Crippen molar-refractivity contribution in [1.82, 2.24) is 10.3 Å². The third-order valence-electron chi connectivity index (χ3n) is 4.02. The first kappa shape index (κ1) is 15.8. The molecule has 0 spiro atoms. The van der Waals surface area contributed by atoms with Gasteiger partial charge in [-0.1, -0.05) is 42.5 Å². The molecule has 120 valence electrons. The summed E-state index contributed by atoms with van der Waals surface area (Å²) in [6.07, 6.45) is 4.02. The predicted octanol–water partition coefficient (Wildman–Crippen LogP) is 3.91. The summed E-state index contributed by atoms with van der Waals surface area (Å²) in [5.74, 6) is 0. The zero-order chi connectivity index (χ0) is 15.7. The lowest BCUT2D eigenvalue weighted by molar-refractivity contribution is 0.134. The summed E-state index contributed by atoms with van der Waals surface area (Å²) >= 11 is 0. The smallest absolute Gasteiger partial charge is 0.0506 e. The van der Waals surface area contributed by atoms with Gasteiger partial charge in [0.1, 0.15) is 0 Å². The molecular weight excluding hydrogens is 284 g/mol. The quantitative estimate of drug-likeness (QED) is 0.588. The van der Waals surface area contributed by atoms with Gasteiger partial charge in [-0.05, 0) is 42.6 Å². The van der Waals surface area contributed by atoms with Crippen LogP contribution < -0.4 is 5.32 Å². The van der Waals surface area contributed by atoms with Crippen LogP contribution in [0.2, 0.25) is 0 Å². The summed E-state index contributed by atoms with van der Waals surface area (Å²) in [6, 6.07) is 19.0. The topological polar surface area (TPSA) is 37.0 Å². The van der Waals surface area contributed by atoms with E-state index in [9.17, 15) is 0 Å². The van der Waals surface area contributed by atoms with Crippen LogP contribution in [0.4, 0.5) is 0 Å². The van der Waals surface area contributed by atoms with Crippen molar-refractivity contribution in [3.05, 3.63) is 71.9 Å². The van der Waals surface area contributed by atoms with Crippen LogP contribution in [0.1, 0.15) is 17.5 Å². The molecule has 0 amide bonds. The third kappa shape index (κ3) is 4.68. The van der Waals surface area contributed by atoms with E-state index in [1.165, 1.54) is 22.0 Å². The van der Waals surface area contributed by atoms with Crippen LogP contribution in [-0.2, 0) is 17.7 Å². The highest BCUT2D eigenvalue weighted by Crippen LogP contribution is 2.16. The van der Waals surface area contributed by atoms with E-state index < -0.39 is 0 Å². The summed E-state index contributed by atoms with van der Waals surface area (Å²) in [5.41, 5.74) is 3.88. The molecule has 3 aromatic rings. The third-order valence-corrected chi connectivity index (χ3v) is 4.02. The number of H-pyrrole nitrogens is 1. The lowest BCUT2D eigenvalue weighted by atomic mass is 10.1. The summed E-state index contributed by atoms with van der Waals surface area (Å²) in [4.78, 5) is 3.25. The lowest BCUT2D eigenvalue weighted by Gasteiger charge is -2.07. The Labute approximate surface area is 137 Å². The van der Waals surface area contributed by atoms with E-state index in [2.05, 4.69) is 58.8 Å². The Morgan fingerprint density at radius 3 is 2.74 bits per heavy atom. The minimum Gasteiger partial charge on any atom is -0.381 e. The van der Waals surface area contributed by atoms with Gasteiger partial charge in [-0.25, -0.2) is 0 Å². The summed E-state index contributed by atoms with van der Waals surface area (Å²) in [5, 5.41) is 4.80. The first-order chi connectivity index (χ1) is 11.4. The van der Waals surface area contributed by atoms with E-state index in [4.69, 9.17) is 4.74 Å². The average Bonchev–Trinajstić information content (AvgIpc) is 3.07. The molecule has 2 aromatic carbocycles. The number of fused-ring (bicyclic) bond motifs is 1. The van der Waals surface area contributed by atoms with Gasteiger partial charge in [0, 0.05) is 30.3 Å². The molecule has 0 aliphatic heterocycles. The molecule has 0 saturated heterocycles. The molecule has 0 unspecified atom stereocenters. The highest BCUT2D eigenvalue weighted by Gasteiger charge is 2.00. The Morgan fingerprint density at radius 2 is 1.83 bits per heavy atom. The highest BCUT2D eigenvalue weighted by atomic mass is 16.5. The average molecular weight is 308 g/mol.